The Morgan fingerprint density at radius 3 is 2.32 bits per heavy atom. The first kappa shape index (κ1) is 18.6. The fourth-order valence-corrected chi connectivity index (χ4v) is 3.75. The highest BCUT2D eigenvalue weighted by Crippen LogP contribution is 2.33. The molecule has 2 aromatic rings. The molecule has 0 aliphatic rings. The molecule has 0 spiro atoms. The van der Waals surface area contributed by atoms with Crippen LogP contribution in [0.4, 0.5) is 5.00 Å². The number of hydrogen-bond acceptors (Lipinski definition) is 7. The van der Waals surface area contributed by atoms with Crippen LogP contribution in [-0.2, 0) is 14.6 Å². The molecule has 7 nitrogen and oxygen atoms in total. The van der Waals surface area contributed by atoms with Gasteiger partial charge in [0.1, 0.15) is 15.9 Å². The SMILES string of the molecule is COC(=O)c1sc(NC(=O)c2ccc(S(C)(=O)=O)cc2)c(C#N)c1C. The number of ether oxygens (including phenoxy) is 1. The molecule has 0 aliphatic carbocycles. The van der Waals surface area contributed by atoms with Crippen molar-refractivity contribution in [3.8, 4) is 6.07 Å². The molecule has 1 aromatic carbocycles. The van der Waals surface area contributed by atoms with E-state index in [2.05, 4.69) is 10.1 Å². The molecule has 1 aromatic heterocycles. The summed E-state index contributed by atoms with van der Waals surface area (Å²) in [5, 5.41) is 12.1. The van der Waals surface area contributed by atoms with Gasteiger partial charge in [0.15, 0.2) is 9.84 Å². The number of hydrogen-bond donors (Lipinski definition) is 1. The Bertz CT molecular complexity index is 983. The van der Waals surface area contributed by atoms with Crippen molar-refractivity contribution in [1.29, 1.82) is 5.26 Å². The first-order valence-corrected chi connectivity index (χ1v) is 9.63. The molecule has 1 heterocycles. The number of sulfone groups is 1. The molecule has 130 valence electrons. The van der Waals surface area contributed by atoms with Gasteiger partial charge >= 0.3 is 5.97 Å². The number of nitriles is 1. The number of esters is 1. The first-order chi connectivity index (χ1) is 11.7. The van der Waals surface area contributed by atoms with Crippen molar-refractivity contribution in [1.82, 2.24) is 0 Å². The van der Waals surface area contributed by atoms with E-state index in [1.165, 1.54) is 31.4 Å². The quantitative estimate of drug-likeness (QED) is 0.817. The summed E-state index contributed by atoms with van der Waals surface area (Å²) in [6, 6.07) is 7.36. The first-order valence-electron chi connectivity index (χ1n) is 6.92. The van der Waals surface area contributed by atoms with Crippen molar-refractivity contribution in [2.45, 2.75) is 11.8 Å². The van der Waals surface area contributed by atoms with E-state index >= 15 is 0 Å². The van der Waals surface area contributed by atoms with Crippen LogP contribution in [0, 0.1) is 18.3 Å². The molecule has 1 amide bonds. The van der Waals surface area contributed by atoms with Gasteiger partial charge in [0, 0.05) is 11.8 Å². The smallest absolute Gasteiger partial charge is 0.348 e. The van der Waals surface area contributed by atoms with E-state index in [0.717, 1.165) is 17.6 Å². The van der Waals surface area contributed by atoms with Crippen LogP contribution < -0.4 is 5.32 Å². The molecule has 0 atom stereocenters. The Balaban J connectivity index is 2.32. The van der Waals surface area contributed by atoms with Crippen LogP contribution in [0.2, 0.25) is 0 Å². The Hall–Kier alpha value is -2.70. The van der Waals surface area contributed by atoms with E-state index in [0.29, 0.717) is 5.56 Å². The number of amides is 1. The standard InChI is InChI=1S/C16H14N2O5S2/c1-9-12(8-17)15(24-13(9)16(20)23-2)18-14(19)10-4-6-11(7-5-10)25(3,21)22/h4-7H,1-3H3,(H,18,19). The van der Waals surface area contributed by atoms with Crippen molar-refractivity contribution >= 4 is 38.1 Å². The van der Waals surface area contributed by atoms with Gasteiger partial charge in [-0.2, -0.15) is 5.26 Å². The summed E-state index contributed by atoms with van der Waals surface area (Å²) in [6.45, 7) is 1.60. The van der Waals surface area contributed by atoms with Crippen molar-refractivity contribution in [3.05, 3.63) is 45.8 Å². The zero-order chi connectivity index (χ0) is 18.8. The Kier molecular flexibility index (Phi) is 5.25. The lowest BCUT2D eigenvalue weighted by molar-refractivity contribution is 0.0605. The highest BCUT2D eigenvalue weighted by Gasteiger charge is 2.22. The average Bonchev–Trinajstić information content (AvgIpc) is 2.88. The minimum atomic E-state index is -3.35. The van der Waals surface area contributed by atoms with Crippen LogP contribution in [-0.4, -0.2) is 33.7 Å². The molecule has 0 saturated heterocycles. The van der Waals surface area contributed by atoms with Crippen LogP contribution in [0.1, 0.15) is 31.2 Å². The molecule has 0 bridgehead atoms. The number of benzene rings is 1. The van der Waals surface area contributed by atoms with E-state index in [9.17, 15) is 23.3 Å². The summed E-state index contributed by atoms with van der Waals surface area (Å²) in [5.41, 5.74) is 0.843. The molecule has 0 aliphatic heterocycles. The summed E-state index contributed by atoms with van der Waals surface area (Å²) in [5.74, 6) is -1.11. The molecule has 0 radical (unpaired) electrons. The van der Waals surface area contributed by atoms with E-state index < -0.39 is 21.7 Å². The number of carbonyl (C=O) groups excluding carboxylic acids is 2. The monoisotopic (exact) mass is 378 g/mol. The summed E-state index contributed by atoms with van der Waals surface area (Å²) in [6.07, 6.45) is 1.07. The van der Waals surface area contributed by atoms with Gasteiger partial charge in [-0.25, -0.2) is 13.2 Å². The second-order valence-electron chi connectivity index (χ2n) is 5.11. The maximum absolute atomic E-state index is 12.3. The fraction of sp³-hybridized carbons (Fsp3) is 0.188. The third-order valence-corrected chi connectivity index (χ3v) is 5.72. The lowest BCUT2D eigenvalue weighted by atomic mass is 10.1. The number of anilines is 1. The van der Waals surface area contributed by atoms with Crippen LogP contribution in [0.25, 0.3) is 0 Å². The molecule has 0 saturated carbocycles. The Morgan fingerprint density at radius 1 is 1.24 bits per heavy atom. The van der Waals surface area contributed by atoms with Gasteiger partial charge in [-0.1, -0.05) is 0 Å². The van der Waals surface area contributed by atoms with E-state index in [4.69, 9.17) is 0 Å². The third-order valence-electron chi connectivity index (χ3n) is 3.40. The summed E-state index contributed by atoms with van der Waals surface area (Å²) >= 11 is 0.949. The van der Waals surface area contributed by atoms with Gasteiger partial charge in [0.05, 0.1) is 17.6 Å². The maximum atomic E-state index is 12.3. The van der Waals surface area contributed by atoms with Crippen LogP contribution in [0.15, 0.2) is 29.2 Å². The number of rotatable bonds is 4. The summed E-state index contributed by atoms with van der Waals surface area (Å²) in [7, 11) is -2.12. The second kappa shape index (κ2) is 7.04. The van der Waals surface area contributed by atoms with Gasteiger partial charge in [0.25, 0.3) is 5.91 Å². The van der Waals surface area contributed by atoms with E-state index in [-0.39, 0.29) is 25.9 Å². The number of thiophene rings is 1. The predicted octanol–water partition coefficient (Wildman–Crippen LogP) is 2.37. The number of nitrogens with zero attached hydrogens (tertiary/aromatic N) is 1. The number of nitrogens with one attached hydrogen (secondary N) is 1. The van der Waals surface area contributed by atoms with Crippen molar-refractivity contribution in [2.75, 3.05) is 18.7 Å². The van der Waals surface area contributed by atoms with Gasteiger partial charge in [0.2, 0.25) is 0 Å². The van der Waals surface area contributed by atoms with Crippen molar-refractivity contribution in [3.63, 3.8) is 0 Å². The minimum absolute atomic E-state index is 0.0988. The molecule has 0 fully saturated rings. The lowest BCUT2D eigenvalue weighted by Crippen LogP contribution is -2.12. The van der Waals surface area contributed by atoms with Crippen LogP contribution in [0.5, 0.6) is 0 Å². The fourth-order valence-electron chi connectivity index (χ4n) is 2.05. The molecule has 1 N–H and O–H groups in total. The Morgan fingerprint density at radius 2 is 1.84 bits per heavy atom. The molecule has 2 rings (SSSR count). The largest absolute Gasteiger partial charge is 0.465 e. The predicted molar refractivity (Wildman–Crippen MR) is 92.6 cm³/mol. The molecule has 25 heavy (non-hydrogen) atoms. The molecular formula is C16H14N2O5S2. The highest BCUT2D eigenvalue weighted by molar-refractivity contribution is 7.90. The number of carbonyl (C=O) groups is 2. The maximum Gasteiger partial charge on any atom is 0.348 e. The Labute approximate surface area is 148 Å². The summed E-state index contributed by atoms with van der Waals surface area (Å²) in [4.78, 5) is 24.4. The van der Waals surface area contributed by atoms with Gasteiger partial charge < -0.3 is 10.1 Å². The molecule has 9 heteroatoms. The number of methoxy groups -OCH3 is 1. The zero-order valence-electron chi connectivity index (χ0n) is 13.6. The van der Waals surface area contributed by atoms with Crippen LogP contribution in [0.3, 0.4) is 0 Å². The zero-order valence-corrected chi connectivity index (χ0v) is 15.2. The minimum Gasteiger partial charge on any atom is -0.465 e. The third kappa shape index (κ3) is 3.87. The lowest BCUT2D eigenvalue weighted by Gasteiger charge is -2.04. The van der Waals surface area contributed by atoms with Crippen molar-refractivity contribution < 1.29 is 22.7 Å². The van der Waals surface area contributed by atoms with Gasteiger partial charge in [-0.3, -0.25) is 4.79 Å². The highest BCUT2D eigenvalue weighted by atomic mass is 32.2. The van der Waals surface area contributed by atoms with Gasteiger partial charge in [-0.15, -0.1) is 11.3 Å². The van der Waals surface area contributed by atoms with E-state index in [1.54, 1.807) is 6.92 Å². The topological polar surface area (TPSA) is 113 Å². The normalized spacial score (nSPS) is 10.8. The second-order valence-corrected chi connectivity index (χ2v) is 8.15. The van der Waals surface area contributed by atoms with Gasteiger partial charge in [-0.05, 0) is 36.8 Å². The average molecular weight is 378 g/mol. The molecular weight excluding hydrogens is 364 g/mol. The summed E-state index contributed by atoms with van der Waals surface area (Å²) < 4.78 is 27.5. The van der Waals surface area contributed by atoms with E-state index in [1.807, 2.05) is 6.07 Å². The molecule has 0 unspecified atom stereocenters. The van der Waals surface area contributed by atoms with Crippen molar-refractivity contribution in [2.24, 2.45) is 0 Å². The van der Waals surface area contributed by atoms with Crippen LogP contribution >= 0.6 is 11.3 Å².